The van der Waals surface area contributed by atoms with Crippen LogP contribution in [0.25, 0.3) is 0 Å². The predicted octanol–water partition coefficient (Wildman–Crippen LogP) is 2.21. The first-order valence-electron chi connectivity index (χ1n) is 5.35. The third-order valence-electron chi connectivity index (χ3n) is 2.84. The van der Waals surface area contributed by atoms with Gasteiger partial charge in [-0.3, -0.25) is 0 Å². The van der Waals surface area contributed by atoms with Crippen molar-refractivity contribution < 1.29 is 9.23 Å². The van der Waals surface area contributed by atoms with E-state index in [0.717, 1.165) is 18.9 Å². The molecule has 1 fully saturated rings. The van der Waals surface area contributed by atoms with Gasteiger partial charge in [0.1, 0.15) is 5.82 Å². The Kier molecular flexibility index (Phi) is 2.76. The van der Waals surface area contributed by atoms with Crippen LogP contribution in [0.1, 0.15) is 13.8 Å². The van der Waals surface area contributed by atoms with Gasteiger partial charge in [-0.2, -0.15) is 0 Å². The maximum Gasteiger partial charge on any atom is 0.245 e. The lowest BCUT2D eigenvalue weighted by Crippen LogP contribution is -2.32. The molecule has 2 aliphatic rings. The highest BCUT2D eigenvalue weighted by Gasteiger charge is 2.37. The van der Waals surface area contributed by atoms with E-state index in [-0.39, 0.29) is 6.04 Å². The number of rotatable bonds is 3. The van der Waals surface area contributed by atoms with Gasteiger partial charge in [0.2, 0.25) is 6.36 Å². The molecule has 3 nitrogen and oxygen atoms in total. The molecule has 0 aromatic carbocycles. The van der Waals surface area contributed by atoms with Gasteiger partial charge in [0.15, 0.2) is 0 Å². The lowest BCUT2D eigenvalue weighted by molar-refractivity contribution is -0.206. The van der Waals surface area contributed by atoms with Crippen molar-refractivity contribution in [3.8, 4) is 0 Å². The Balaban J connectivity index is 2.11. The van der Waals surface area contributed by atoms with Crippen molar-refractivity contribution in [3.63, 3.8) is 0 Å². The van der Waals surface area contributed by atoms with Crippen molar-refractivity contribution in [2.24, 2.45) is 0 Å². The molecular formula is C12H17FN2O. The van der Waals surface area contributed by atoms with Gasteiger partial charge in [-0.25, -0.2) is 14.3 Å². The van der Waals surface area contributed by atoms with E-state index in [9.17, 15) is 4.39 Å². The van der Waals surface area contributed by atoms with Crippen LogP contribution < -0.4 is 0 Å². The molecule has 4 heteroatoms. The molecule has 1 saturated heterocycles. The van der Waals surface area contributed by atoms with Crippen LogP contribution in [0.3, 0.4) is 0 Å². The van der Waals surface area contributed by atoms with Gasteiger partial charge in [-0.15, -0.1) is 0 Å². The SMILES string of the molecule is C=C(C)C(F)ON1C(=C)N2CC(C)=CC1C2. The third-order valence-corrected chi connectivity index (χ3v) is 2.84. The number of hydroxylamine groups is 2. The van der Waals surface area contributed by atoms with Gasteiger partial charge in [0.05, 0.1) is 6.04 Å². The summed E-state index contributed by atoms with van der Waals surface area (Å²) in [4.78, 5) is 7.32. The molecule has 0 aliphatic carbocycles. The lowest BCUT2D eigenvalue weighted by Gasteiger charge is -2.24. The van der Waals surface area contributed by atoms with E-state index < -0.39 is 6.36 Å². The number of halogens is 1. The van der Waals surface area contributed by atoms with Crippen LogP contribution in [0.4, 0.5) is 4.39 Å². The monoisotopic (exact) mass is 224 g/mol. The van der Waals surface area contributed by atoms with Crippen molar-refractivity contribution in [1.29, 1.82) is 0 Å². The fourth-order valence-corrected chi connectivity index (χ4v) is 2.02. The molecule has 88 valence electrons. The average molecular weight is 224 g/mol. The molecule has 2 heterocycles. The zero-order valence-electron chi connectivity index (χ0n) is 9.74. The van der Waals surface area contributed by atoms with E-state index in [1.54, 1.807) is 12.0 Å². The number of hydrogen-bond acceptors (Lipinski definition) is 3. The summed E-state index contributed by atoms with van der Waals surface area (Å²) in [6.45, 7) is 12.8. The molecule has 0 radical (unpaired) electrons. The number of nitrogens with zero attached hydrogens (tertiary/aromatic N) is 2. The Morgan fingerprint density at radius 3 is 3.00 bits per heavy atom. The van der Waals surface area contributed by atoms with Gasteiger partial charge in [-0.1, -0.05) is 24.8 Å². The maximum atomic E-state index is 13.5. The molecule has 2 unspecified atom stereocenters. The van der Waals surface area contributed by atoms with Gasteiger partial charge >= 0.3 is 0 Å². The Hall–Kier alpha value is -1.29. The Labute approximate surface area is 95.4 Å². The Morgan fingerprint density at radius 1 is 1.69 bits per heavy atom. The summed E-state index contributed by atoms with van der Waals surface area (Å²) < 4.78 is 13.5. The maximum absolute atomic E-state index is 13.5. The molecule has 2 atom stereocenters. The fourth-order valence-electron chi connectivity index (χ4n) is 2.02. The topological polar surface area (TPSA) is 15.7 Å². The summed E-state index contributed by atoms with van der Waals surface area (Å²) >= 11 is 0. The number of alkyl halides is 1. The van der Waals surface area contributed by atoms with E-state index >= 15 is 0 Å². The molecule has 16 heavy (non-hydrogen) atoms. The Bertz CT molecular complexity index is 364. The van der Waals surface area contributed by atoms with Crippen molar-refractivity contribution in [3.05, 3.63) is 36.2 Å². The summed E-state index contributed by atoms with van der Waals surface area (Å²) in [5.74, 6) is 0.724. The third kappa shape index (κ3) is 1.85. The van der Waals surface area contributed by atoms with Crippen molar-refractivity contribution in [1.82, 2.24) is 9.96 Å². The van der Waals surface area contributed by atoms with E-state index in [0.29, 0.717) is 5.57 Å². The van der Waals surface area contributed by atoms with Crippen molar-refractivity contribution >= 4 is 0 Å². The van der Waals surface area contributed by atoms with E-state index in [1.807, 2.05) is 0 Å². The van der Waals surface area contributed by atoms with Gasteiger partial charge in [-0.05, 0) is 19.4 Å². The minimum Gasteiger partial charge on any atom is -0.351 e. The quantitative estimate of drug-likeness (QED) is 0.683. The zero-order chi connectivity index (χ0) is 11.9. The van der Waals surface area contributed by atoms with Gasteiger partial charge in [0.25, 0.3) is 0 Å². The van der Waals surface area contributed by atoms with E-state index in [1.165, 1.54) is 5.57 Å². The van der Waals surface area contributed by atoms with Crippen LogP contribution in [0.2, 0.25) is 0 Å². The minimum absolute atomic E-state index is 0.0684. The first-order chi connectivity index (χ1) is 7.49. The second kappa shape index (κ2) is 3.94. The average Bonchev–Trinajstić information content (AvgIpc) is 2.42. The van der Waals surface area contributed by atoms with Crippen LogP contribution in [-0.2, 0) is 4.84 Å². The highest BCUT2D eigenvalue weighted by molar-refractivity contribution is 5.21. The fraction of sp³-hybridized carbons (Fsp3) is 0.500. The van der Waals surface area contributed by atoms with Crippen LogP contribution >= 0.6 is 0 Å². The number of hydrogen-bond donors (Lipinski definition) is 0. The lowest BCUT2D eigenvalue weighted by atomic mass is 10.1. The zero-order valence-corrected chi connectivity index (χ0v) is 9.74. The molecular weight excluding hydrogens is 207 g/mol. The van der Waals surface area contributed by atoms with Gasteiger partial charge < -0.3 is 4.90 Å². The summed E-state index contributed by atoms with van der Waals surface area (Å²) in [5, 5.41) is 1.55. The molecule has 2 rings (SSSR count). The molecule has 0 aromatic heterocycles. The van der Waals surface area contributed by atoms with Gasteiger partial charge in [0, 0.05) is 13.1 Å². The largest absolute Gasteiger partial charge is 0.351 e. The van der Waals surface area contributed by atoms with Crippen molar-refractivity contribution in [2.45, 2.75) is 26.2 Å². The van der Waals surface area contributed by atoms with Crippen LogP contribution in [0.15, 0.2) is 36.2 Å². The normalized spacial score (nSPS) is 25.8. The van der Waals surface area contributed by atoms with Crippen LogP contribution in [0, 0.1) is 0 Å². The van der Waals surface area contributed by atoms with E-state index in [2.05, 4.69) is 31.1 Å². The highest BCUT2D eigenvalue weighted by atomic mass is 19.1. The first-order valence-corrected chi connectivity index (χ1v) is 5.35. The molecule has 0 spiro atoms. The summed E-state index contributed by atoms with van der Waals surface area (Å²) in [6, 6.07) is 0.0684. The molecule has 2 aliphatic heterocycles. The van der Waals surface area contributed by atoms with Crippen molar-refractivity contribution in [2.75, 3.05) is 13.1 Å². The molecule has 0 amide bonds. The standard InChI is InChI=1S/C12H17FN2O/c1-8(2)12(13)16-15-10(4)14-6-9(3)5-11(15)7-14/h5,11-12H,1,4,6-7H2,2-3H3. The van der Waals surface area contributed by atoms with Crippen LogP contribution in [-0.4, -0.2) is 35.5 Å². The summed E-state index contributed by atoms with van der Waals surface area (Å²) in [5.41, 5.74) is 1.62. The molecule has 0 N–H and O–H groups in total. The summed E-state index contributed by atoms with van der Waals surface area (Å²) in [6.07, 6.45) is 0.630. The second-order valence-electron chi connectivity index (χ2n) is 4.47. The Morgan fingerprint density at radius 2 is 2.38 bits per heavy atom. The molecule has 0 saturated carbocycles. The molecule has 2 bridgehead atoms. The predicted molar refractivity (Wildman–Crippen MR) is 60.9 cm³/mol. The smallest absolute Gasteiger partial charge is 0.245 e. The second-order valence-corrected chi connectivity index (χ2v) is 4.47. The first kappa shape index (κ1) is 11.2. The summed E-state index contributed by atoms with van der Waals surface area (Å²) in [7, 11) is 0. The molecule has 0 aromatic rings. The minimum atomic E-state index is -1.47. The van der Waals surface area contributed by atoms with E-state index in [4.69, 9.17) is 4.84 Å². The highest BCUT2D eigenvalue weighted by Crippen LogP contribution is 2.30. The number of fused-ring (bicyclic) bond motifs is 2. The van der Waals surface area contributed by atoms with Crippen LogP contribution in [0.5, 0.6) is 0 Å².